The van der Waals surface area contributed by atoms with Crippen LogP contribution in [0.25, 0.3) is 0 Å². The zero-order chi connectivity index (χ0) is 3.41. The van der Waals surface area contributed by atoms with E-state index in [1.807, 2.05) is 6.08 Å². The van der Waals surface area contributed by atoms with Crippen molar-refractivity contribution in [2.45, 2.75) is 4.37 Å². The molecule has 0 aromatic carbocycles. The van der Waals surface area contributed by atoms with Gasteiger partial charge < -0.3 is 2.85 Å². The summed E-state index contributed by atoms with van der Waals surface area (Å²) in [5.74, 6) is 0. The van der Waals surface area contributed by atoms with Crippen molar-refractivity contribution in [2.75, 3.05) is 0 Å². The van der Waals surface area contributed by atoms with Crippen LogP contribution in [-0.2, 0) is 0 Å². The standard InChI is InChI=1S/C3H5.Sb.2H/c1-3-2;;;/h3H,1-2H2;;;/q;+2;2*-1. The fraction of sp³-hybridized carbons (Fsp3) is 0.333. The van der Waals surface area contributed by atoms with Gasteiger partial charge in [0, 0.05) is 0 Å². The summed E-state index contributed by atoms with van der Waals surface area (Å²) in [5.41, 5.74) is 0. The van der Waals surface area contributed by atoms with E-state index in [0.717, 1.165) is 4.37 Å². The Hall–Kier alpha value is 0.558. The molecule has 24 valence electrons. The summed E-state index contributed by atoms with van der Waals surface area (Å²) >= 11 is 1.78. The summed E-state index contributed by atoms with van der Waals surface area (Å²) in [4.78, 5) is 0. The molecule has 0 atom stereocenters. The summed E-state index contributed by atoms with van der Waals surface area (Å²) in [6, 6.07) is 0. The Morgan fingerprint density at radius 1 is 2.25 bits per heavy atom. The van der Waals surface area contributed by atoms with Gasteiger partial charge in [-0.1, -0.05) is 0 Å². The van der Waals surface area contributed by atoms with E-state index in [1.54, 1.807) is 23.0 Å². The monoisotopic (exact) mass is 164 g/mol. The van der Waals surface area contributed by atoms with Gasteiger partial charge in [-0.15, -0.1) is 0 Å². The quantitative estimate of drug-likeness (QED) is 0.401. The largest absolute Gasteiger partial charge is 1.00 e. The van der Waals surface area contributed by atoms with Gasteiger partial charge in [-0.3, -0.25) is 0 Å². The first kappa shape index (κ1) is 4.56. The zero-order valence-electron chi connectivity index (χ0n) is 4.44. The van der Waals surface area contributed by atoms with Crippen LogP contribution in [0.1, 0.15) is 2.85 Å². The molecule has 0 fully saturated rings. The van der Waals surface area contributed by atoms with Gasteiger partial charge in [-0.05, 0) is 0 Å². The van der Waals surface area contributed by atoms with E-state index in [9.17, 15) is 0 Å². The molecule has 2 radical (unpaired) electrons. The number of hydrogen-bond donors (Lipinski definition) is 0. The summed E-state index contributed by atoms with van der Waals surface area (Å²) < 4.78 is 1.13. The van der Waals surface area contributed by atoms with Gasteiger partial charge in [0.1, 0.15) is 0 Å². The van der Waals surface area contributed by atoms with Crippen molar-refractivity contribution in [1.82, 2.24) is 0 Å². The van der Waals surface area contributed by atoms with Crippen LogP contribution in [0.15, 0.2) is 12.7 Å². The predicted molar refractivity (Wildman–Crippen MR) is 23.0 cm³/mol. The minimum Gasteiger partial charge on any atom is -1.00 e. The van der Waals surface area contributed by atoms with E-state index in [-0.39, 0.29) is 2.85 Å². The van der Waals surface area contributed by atoms with Crippen LogP contribution in [0.4, 0.5) is 0 Å². The van der Waals surface area contributed by atoms with Gasteiger partial charge in [-0.2, -0.15) is 0 Å². The fourth-order valence-electron chi connectivity index (χ4n) is 0. The van der Waals surface area contributed by atoms with Gasteiger partial charge in [0.25, 0.3) is 0 Å². The molecule has 0 aliphatic rings. The van der Waals surface area contributed by atoms with Gasteiger partial charge in [0.05, 0.1) is 0 Å². The van der Waals surface area contributed by atoms with E-state index in [2.05, 4.69) is 6.58 Å². The third-order valence-corrected chi connectivity index (χ3v) is 0.866. The summed E-state index contributed by atoms with van der Waals surface area (Å²) in [6.07, 6.45) is 1.90. The van der Waals surface area contributed by atoms with Gasteiger partial charge in [0.2, 0.25) is 0 Å². The second kappa shape index (κ2) is 3.56. The Balaban J connectivity index is -0.0000000450. The van der Waals surface area contributed by atoms with Crippen molar-refractivity contribution in [1.29, 1.82) is 0 Å². The van der Waals surface area contributed by atoms with Crippen LogP contribution in [0.3, 0.4) is 0 Å². The molecule has 0 heterocycles. The van der Waals surface area contributed by atoms with E-state index in [0.29, 0.717) is 0 Å². The molecule has 0 amide bonds. The molecule has 0 spiro atoms. The van der Waals surface area contributed by atoms with Crippen molar-refractivity contribution in [2.24, 2.45) is 0 Å². The third kappa shape index (κ3) is 2.56. The Morgan fingerprint density at radius 2 is 2.50 bits per heavy atom. The molecule has 0 saturated heterocycles. The molecular formula is C3H7Sb. The van der Waals surface area contributed by atoms with Crippen LogP contribution in [0, 0.1) is 0 Å². The van der Waals surface area contributed by atoms with Crippen LogP contribution >= 0.6 is 0 Å². The SMILES string of the molecule is C=C[CH2][Sb+2].[H-].[H-]. The van der Waals surface area contributed by atoms with Crippen LogP contribution in [0.2, 0.25) is 4.37 Å². The Labute approximate surface area is 43.4 Å². The van der Waals surface area contributed by atoms with Gasteiger partial charge in [-0.25, -0.2) is 0 Å². The molecule has 0 bridgehead atoms. The Kier molecular flexibility index (Phi) is 4.05. The molecule has 0 aromatic heterocycles. The topological polar surface area (TPSA) is 0 Å². The predicted octanol–water partition coefficient (Wildman–Crippen LogP) is 0.984. The zero-order valence-corrected chi connectivity index (χ0v) is 4.99. The van der Waals surface area contributed by atoms with E-state index in [1.165, 1.54) is 0 Å². The normalized spacial score (nSPS) is 6.00. The molecule has 0 saturated carbocycles. The Bertz CT molecular complexity index is 22.8. The van der Waals surface area contributed by atoms with E-state index >= 15 is 0 Å². The minimum atomic E-state index is 0. The molecule has 0 aromatic rings. The minimum absolute atomic E-state index is 0. The second-order valence-electron chi connectivity index (χ2n) is 0.471. The number of allylic oxidation sites excluding steroid dienone is 1. The maximum absolute atomic E-state index is 3.49. The van der Waals surface area contributed by atoms with Crippen molar-refractivity contribution in [3.8, 4) is 0 Å². The van der Waals surface area contributed by atoms with Crippen LogP contribution in [0.5, 0.6) is 0 Å². The molecule has 0 rings (SSSR count). The molecule has 4 heavy (non-hydrogen) atoms. The van der Waals surface area contributed by atoms with Crippen molar-refractivity contribution in [3.05, 3.63) is 12.7 Å². The van der Waals surface area contributed by atoms with Crippen LogP contribution in [-0.4, -0.2) is 23.0 Å². The van der Waals surface area contributed by atoms with Crippen molar-refractivity contribution in [3.63, 3.8) is 0 Å². The molecular weight excluding hydrogens is 158 g/mol. The number of rotatable bonds is 1. The molecule has 0 aliphatic carbocycles. The average molecular weight is 165 g/mol. The number of hydrogen-bond acceptors (Lipinski definition) is 0. The fourth-order valence-corrected chi connectivity index (χ4v) is 0. The smallest absolute Gasteiger partial charge is 1.00 e. The first-order valence-electron chi connectivity index (χ1n) is 1.13. The van der Waals surface area contributed by atoms with Crippen molar-refractivity contribution < 1.29 is 2.85 Å². The molecule has 0 nitrogen and oxygen atoms in total. The first-order chi connectivity index (χ1) is 1.91. The second-order valence-corrected chi connectivity index (χ2v) is 1.51. The Morgan fingerprint density at radius 3 is 2.50 bits per heavy atom. The van der Waals surface area contributed by atoms with E-state index < -0.39 is 0 Å². The summed E-state index contributed by atoms with van der Waals surface area (Å²) in [6.45, 7) is 3.49. The first-order valence-corrected chi connectivity index (χ1v) is 2.94. The third-order valence-electron chi connectivity index (χ3n) is 0.129. The maximum atomic E-state index is 3.49. The summed E-state index contributed by atoms with van der Waals surface area (Å²) in [7, 11) is 0. The van der Waals surface area contributed by atoms with Crippen LogP contribution < -0.4 is 0 Å². The summed E-state index contributed by atoms with van der Waals surface area (Å²) in [5, 5.41) is 0. The molecule has 1 heteroatoms. The van der Waals surface area contributed by atoms with Gasteiger partial charge >= 0.3 is 40.0 Å². The molecule has 0 aliphatic heterocycles. The van der Waals surface area contributed by atoms with E-state index in [4.69, 9.17) is 0 Å². The molecule has 0 unspecified atom stereocenters. The maximum Gasteiger partial charge on any atom is -1.00 e. The van der Waals surface area contributed by atoms with Crippen molar-refractivity contribution >= 4 is 23.0 Å². The average Bonchev–Trinajstić information content (AvgIpc) is 1.37. The van der Waals surface area contributed by atoms with Gasteiger partial charge in [0.15, 0.2) is 0 Å². The molecule has 0 N–H and O–H groups in total.